The molecule has 6 heteroatoms. The summed E-state index contributed by atoms with van der Waals surface area (Å²) >= 11 is 3.59. The van der Waals surface area contributed by atoms with Crippen molar-refractivity contribution in [3.63, 3.8) is 0 Å². The second-order valence-electron chi connectivity index (χ2n) is 8.32. The summed E-state index contributed by atoms with van der Waals surface area (Å²) in [7, 11) is 2.16. The quantitative estimate of drug-likeness (QED) is 0.524. The third kappa shape index (κ3) is 3.94. The Morgan fingerprint density at radius 1 is 1.17 bits per heavy atom. The van der Waals surface area contributed by atoms with Gasteiger partial charge in [-0.1, -0.05) is 35.0 Å². The molecule has 0 amide bonds. The molecule has 0 saturated heterocycles. The Hall–Kier alpha value is -1.86. The molecule has 3 aromatic rings. The van der Waals surface area contributed by atoms with Crippen LogP contribution >= 0.6 is 15.9 Å². The SMILES string of the molecule is CN1CCc2c([nH]c3ccc(Br)cc23)C1c1ccc(OCC(C)(CO)CO)cc1. The number of aromatic amines is 1. The Kier molecular flexibility index (Phi) is 5.71. The summed E-state index contributed by atoms with van der Waals surface area (Å²) in [5.41, 5.74) is 4.39. The molecule has 0 bridgehead atoms. The van der Waals surface area contributed by atoms with Crippen LogP contribution in [-0.4, -0.2) is 53.5 Å². The van der Waals surface area contributed by atoms with Gasteiger partial charge in [0, 0.05) is 33.0 Å². The molecule has 29 heavy (non-hydrogen) atoms. The highest BCUT2D eigenvalue weighted by Crippen LogP contribution is 2.38. The minimum Gasteiger partial charge on any atom is -0.493 e. The third-order valence-electron chi connectivity index (χ3n) is 5.88. The molecule has 0 saturated carbocycles. The van der Waals surface area contributed by atoms with Crippen LogP contribution in [0.15, 0.2) is 46.9 Å². The number of aliphatic hydroxyl groups is 2. The van der Waals surface area contributed by atoms with Gasteiger partial charge >= 0.3 is 0 Å². The number of fused-ring (bicyclic) bond motifs is 3. The van der Waals surface area contributed by atoms with Crippen LogP contribution in [0.2, 0.25) is 0 Å². The molecule has 2 heterocycles. The minimum absolute atomic E-state index is 0.117. The first kappa shape index (κ1) is 20.4. The highest BCUT2D eigenvalue weighted by molar-refractivity contribution is 9.10. The number of aromatic nitrogens is 1. The lowest BCUT2D eigenvalue weighted by Crippen LogP contribution is -2.33. The van der Waals surface area contributed by atoms with Crippen molar-refractivity contribution in [3.05, 3.63) is 63.8 Å². The van der Waals surface area contributed by atoms with Crippen molar-refractivity contribution < 1.29 is 14.9 Å². The lowest BCUT2D eigenvalue weighted by molar-refractivity contribution is 0.0287. The molecule has 4 rings (SSSR count). The second kappa shape index (κ2) is 8.11. The molecule has 0 spiro atoms. The van der Waals surface area contributed by atoms with Gasteiger partial charge in [0.15, 0.2) is 0 Å². The highest BCUT2D eigenvalue weighted by Gasteiger charge is 2.29. The number of likely N-dealkylation sites (N-methyl/N-ethyl adjacent to an activating group) is 1. The zero-order chi connectivity index (χ0) is 20.6. The number of halogens is 1. The Bertz CT molecular complexity index is 995. The molecule has 0 fully saturated rings. The van der Waals surface area contributed by atoms with Crippen molar-refractivity contribution in [1.82, 2.24) is 9.88 Å². The van der Waals surface area contributed by atoms with Gasteiger partial charge in [0.05, 0.1) is 25.9 Å². The van der Waals surface area contributed by atoms with Gasteiger partial charge in [0.1, 0.15) is 5.75 Å². The second-order valence-corrected chi connectivity index (χ2v) is 9.24. The van der Waals surface area contributed by atoms with Gasteiger partial charge in [-0.05, 0) is 54.9 Å². The van der Waals surface area contributed by atoms with Crippen LogP contribution < -0.4 is 4.74 Å². The van der Waals surface area contributed by atoms with Crippen LogP contribution in [0.4, 0.5) is 0 Å². The molecule has 0 aliphatic carbocycles. The van der Waals surface area contributed by atoms with E-state index in [1.165, 1.54) is 27.7 Å². The van der Waals surface area contributed by atoms with Gasteiger partial charge in [-0.2, -0.15) is 0 Å². The van der Waals surface area contributed by atoms with E-state index in [-0.39, 0.29) is 25.9 Å². The number of ether oxygens (including phenoxy) is 1. The topological polar surface area (TPSA) is 68.7 Å². The molecule has 0 radical (unpaired) electrons. The highest BCUT2D eigenvalue weighted by atomic mass is 79.9. The van der Waals surface area contributed by atoms with E-state index in [0.29, 0.717) is 0 Å². The number of hydrogen-bond acceptors (Lipinski definition) is 4. The summed E-state index contributed by atoms with van der Waals surface area (Å²) < 4.78 is 6.90. The third-order valence-corrected chi connectivity index (χ3v) is 6.37. The van der Waals surface area contributed by atoms with E-state index in [1.807, 2.05) is 12.1 Å². The first-order valence-electron chi connectivity index (χ1n) is 9.89. The van der Waals surface area contributed by atoms with Crippen molar-refractivity contribution in [2.75, 3.05) is 33.4 Å². The van der Waals surface area contributed by atoms with Gasteiger partial charge in [0.25, 0.3) is 0 Å². The average Bonchev–Trinajstić information content (AvgIpc) is 3.10. The van der Waals surface area contributed by atoms with Gasteiger partial charge in [-0.25, -0.2) is 0 Å². The number of rotatable bonds is 6. The predicted octanol–water partition coefficient (Wildman–Crippen LogP) is 3.88. The summed E-state index contributed by atoms with van der Waals surface area (Å²) in [5.74, 6) is 0.737. The zero-order valence-corrected chi connectivity index (χ0v) is 18.4. The first-order valence-corrected chi connectivity index (χ1v) is 10.7. The summed E-state index contributed by atoms with van der Waals surface area (Å²) in [4.78, 5) is 6.02. The van der Waals surface area contributed by atoms with Crippen molar-refractivity contribution in [2.45, 2.75) is 19.4 Å². The fourth-order valence-electron chi connectivity index (χ4n) is 3.95. The summed E-state index contributed by atoms with van der Waals surface area (Å²) in [5, 5.41) is 20.1. The Morgan fingerprint density at radius 2 is 1.90 bits per heavy atom. The van der Waals surface area contributed by atoms with E-state index in [0.717, 1.165) is 23.2 Å². The molecular formula is C23H27BrN2O3. The number of nitrogens with zero attached hydrogens (tertiary/aromatic N) is 1. The van der Waals surface area contributed by atoms with Crippen LogP contribution in [0.3, 0.4) is 0 Å². The monoisotopic (exact) mass is 458 g/mol. The maximum absolute atomic E-state index is 9.42. The fraction of sp³-hybridized carbons (Fsp3) is 0.391. The normalized spacial score (nSPS) is 17.5. The van der Waals surface area contributed by atoms with Crippen LogP contribution in [0.5, 0.6) is 5.75 Å². The number of aliphatic hydroxyl groups excluding tert-OH is 2. The molecule has 1 aromatic heterocycles. The van der Waals surface area contributed by atoms with Crippen molar-refractivity contribution in [1.29, 1.82) is 0 Å². The van der Waals surface area contributed by atoms with E-state index in [4.69, 9.17) is 4.74 Å². The number of H-pyrrole nitrogens is 1. The average molecular weight is 459 g/mol. The van der Waals surface area contributed by atoms with E-state index in [2.05, 4.69) is 63.2 Å². The molecule has 5 nitrogen and oxygen atoms in total. The van der Waals surface area contributed by atoms with Gasteiger partial charge in [-0.3, -0.25) is 4.90 Å². The zero-order valence-electron chi connectivity index (χ0n) is 16.8. The van der Waals surface area contributed by atoms with Gasteiger partial charge in [0.2, 0.25) is 0 Å². The largest absolute Gasteiger partial charge is 0.493 e. The molecule has 1 aliphatic heterocycles. The van der Waals surface area contributed by atoms with Crippen molar-refractivity contribution in [3.8, 4) is 5.75 Å². The number of hydrogen-bond donors (Lipinski definition) is 3. The predicted molar refractivity (Wildman–Crippen MR) is 118 cm³/mol. The van der Waals surface area contributed by atoms with Crippen LogP contribution in [0, 0.1) is 5.41 Å². The van der Waals surface area contributed by atoms with E-state index in [9.17, 15) is 10.2 Å². The Balaban J connectivity index is 1.61. The molecule has 154 valence electrons. The lowest BCUT2D eigenvalue weighted by Gasteiger charge is -2.33. The molecule has 1 unspecified atom stereocenters. The minimum atomic E-state index is -0.643. The van der Waals surface area contributed by atoms with E-state index >= 15 is 0 Å². The summed E-state index contributed by atoms with van der Waals surface area (Å²) in [6.45, 7) is 2.83. The van der Waals surface area contributed by atoms with E-state index in [1.54, 1.807) is 6.92 Å². The number of nitrogens with one attached hydrogen (secondary N) is 1. The number of benzene rings is 2. The maximum atomic E-state index is 9.42. The van der Waals surface area contributed by atoms with Crippen LogP contribution in [0.25, 0.3) is 10.9 Å². The van der Waals surface area contributed by atoms with Gasteiger partial charge < -0.3 is 19.9 Å². The van der Waals surface area contributed by atoms with Crippen LogP contribution in [-0.2, 0) is 6.42 Å². The molecule has 1 aliphatic rings. The van der Waals surface area contributed by atoms with Crippen LogP contribution in [0.1, 0.15) is 29.8 Å². The van der Waals surface area contributed by atoms with Gasteiger partial charge in [-0.15, -0.1) is 0 Å². The smallest absolute Gasteiger partial charge is 0.119 e. The molecular weight excluding hydrogens is 432 g/mol. The fourth-order valence-corrected chi connectivity index (χ4v) is 4.31. The van der Waals surface area contributed by atoms with Crippen molar-refractivity contribution >= 4 is 26.8 Å². The van der Waals surface area contributed by atoms with Crippen molar-refractivity contribution in [2.24, 2.45) is 5.41 Å². The summed E-state index contributed by atoms with van der Waals surface area (Å²) in [6.07, 6.45) is 1.03. The Labute approximate surface area is 179 Å². The molecule has 1 atom stereocenters. The standard InChI is InChI=1S/C23H27BrN2O3/c1-23(12-27,13-28)14-29-17-6-3-15(4-7-17)22-21-18(9-10-26(22)2)19-11-16(24)5-8-20(19)25-21/h3-8,11,22,25,27-28H,9-10,12-14H2,1-2H3. The first-order chi connectivity index (χ1) is 13.9. The maximum Gasteiger partial charge on any atom is 0.119 e. The molecule has 3 N–H and O–H groups in total. The van der Waals surface area contributed by atoms with E-state index < -0.39 is 5.41 Å². The summed E-state index contributed by atoms with van der Waals surface area (Å²) in [6, 6.07) is 14.7. The Morgan fingerprint density at radius 3 is 2.59 bits per heavy atom. The lowest BCUT2D eigenvalue weighted by atomic mass is 9.93. The molecule has 2 aromatic carbocycles.